The van der Waals surface area contributed by atoms with Crippen molar-refractivity contribution in [1.29, 1.82) is 0 Å². The van der Waals surface area contributed by atoms with Gasteiger partial charge in [0.1, 0.15) is 11.2 Å². The molecule has 0 aliphatic heterocycles. The van der Waals surface area contributed by atoms with Crippen molar-refractivity contribution in [2.75, 3.05) is 0 Å². The van der Waals surface area contributed by atoms with Crippen LogP contribution in [-0.2, 0) is 0 Å². The summed E-state index contributed by atoms with van der Waals surface area (Å²) in [6, 6.07) is 67.4. The summed E-state index contributed by atoms with van der Waals surface area (Å²) in [5.41, 5.74) is 12.1. The van der Waals surface area contributed by atoms with E-state index in [2.05, 4.69) is 150 Å². The predicted octanol–water partition coefficient (Wildman–Crippen LogP) is 13.2. The summed E-state index contributed by atoms with van der Waals surface area (Å²) in [4.78, 5) is 15.3. The first-order chi connectivity index (χ1) is 27.7. The lowest BCUT2D eigenvalue weighted by atomic mass is 9.95. The molecule has 0 saturated carbocycles. The van der Waals surface area contributed by atoms with Gasteiger partial charge in [0, 0.05) is 49.5 Å². The van der Waals surface area contributed by atoms with Crippen LogP contribution >= 0.6 is 0 Å². The van der Waals surface area contributed by atoms with Crippen LogP contribution in [0.4, 0.5) is 0 Å². The molecule has 0 amide bonds. The number of hydrogen-bond acceptors (Lipinski definition) is 4. The predicted molar refractivity (Wildman–Crippen MR) is 229 cm³/mol. The van der Waals surface area contributed by atoms with E-state index >= 15 is 0 Å². The number of hydrogen-bond donors (Lipinski definition) is 0. The van der Waals surface area contributed by atoms with E-state index in [1.807, 2.05) is 48.5 Å². The molecule has 0 fully saturated rings. The number of furan rings is 1. The third-order valence-electron chi connectivity index (χ3n) is 10.6. The molecule has 8 aromatic carbocycles. The molecule has 56 heavy (non-hydrogen) atoms. The molecule has 11 aromatic rings. The molecule has 0 saturated heterocycles. The molecule has 5 heteroatoms. The fourth-order valence-electron chi connectivity index (χ4n) is 7.96. The maximum atomic E-state index is 6.78. The van der Waals surface area contributed by atoms with Crippen molar-refractivity contribution in [3.63, 3.8) is 0 Å². The van der Waals surface area contributed by atoms with E-state index in [-0.39, 0.29) is 0 Å². The summed E-state index contributed by atoms with van der Waals surface area (Å²) in [5.74, 6) is 1.79. The van der Waals surface area contributed by atoms with Gasteiger partial charge in [-0.1, -0.05) is 146 Å². The summed E-state index contributed by atoms with van der Waals surface area (Å²) >= 11 is 0. The molecule has 262 valence electrons. The Morgan fingerprint density at radius 3 is 1.57 bits per heavy atom. The monoisotopic (exact) mass is 716 g/mol. The van der Waals surface area contributed by atoms with Gasteiger partial charge in [0.15, 0.2) is 17.5 Å². The lowest BCUT2D eigenvalue weighted by Crippen LogP contribution is -2.00. The Morgan fingerprint density at radius 1 is 0.339 bits per heavy atom. The van der Waals surface area contributed by atoms with Gasteiger partial charge in [-0.15, -0.1) is 0 Å². The highest BCUT2D eigenvalue weighted by atomic mass is 16.3. The van der Waals surface area contributed by atoms with Gasteiger partial charge in [-0.3, -0.25) is 0 Å². The maximum absolute atomic E-state index is 6.78. The molecule has 0 atom stereocenters. The molecule has 0 spiro atoms. The van der Waals surface area contributed by atoms with E-state index in [1.54, 1.807) is 0 Å². The van der Waals surface area contributed by atoms with Gasteiger partial charge < -0.3 is 8.98 Å². The highest BCUT2D eigenvalue weighted by Gasteiger charge is 2.19. The summed E-state index contributed by atoms with van der Waals surface area (Å²) < 4.78 is 9.10. The zero-order valence-electron chi connectivity index (χ0n) is 30.2. The lowest BCUT2D eigenvalue weighted by Gasteiger charge is -2.10. The van der Waals surface area contributed by atoms with Gasteiger partial charge in [-0.05, 0) is 65.2 Å². The number of rotatable bonds is 6. The normalized spacial score (nSPS) is 11.6. The van der Waals surface area contributed by atoms with E-state index in [0.29, 0.717) is 17.5 Å². The number of fused-ring (bicyclic) bond motifs is 6. The third kappa shape index (κ3) is 5.37. The molecule has 3 aromatic heterocycles. The molecule has 11 rings (SSSR count). The average Bonchev–Trinajstić information content (AvgIpc) is 3.82. The van der Waals surface area contributed by atoms with Crippen LogP contribution in [0.3, 0.4) is 0 Å². The van der Waals surface area contributed by atoms with Crippen LogP contribution in [0.2, 0.25) is 0 Å². The van der Waals surface area contributed by atoms with E-state index in [9.17, 15) is 0 Å². The quantitative estimate of drug-likeness (QED) is 0.172. The van der Waals surface area contributed by atoms with Crippen LogP contribution < -0.4 is 0 Å². The molecule has 0 unspecified atom stereocenters. The zero-order chi connectivity index (χ0) is 37.0. The maximum Gasteiger partial charge on any atom is 0.164 e. The number of para-hydroxylation sites is 2. The van der Waals surface area contributed by atoms with Gasteiger partial charge in [-0.2, -0.15) is 0 Å². The van der Waals surface area contributed by atoms with Gasteiger partial charge in [-0.25, -0.2) is 15.0 Å². The van der Waals surface area contributed by atoms with E-state index in [0.717, 1.165) is 77.6 Å². The van der Waals surface area contributed by atoms with Crippen molar-refractivity contribution in [3.8, 4) is 62.1 Å². The van der Waals surface area contributed by atoms with E-state index < -0.39 is 0 Å². The summed E-state index contributed by atoms with van der Waals surface area (Å²) in [6.07, 6.45) is 0. The molecule has 0 radical (unpaired) electrons. The average molecular weight is 717 g/mol. The van der Waals surface area contributed by atoms with Crippen molar-refractivity contribution in [2.45, 2.75) is 0 Å². The molecule has 5 nitrogen and oxygen atoms in total. The zero-order valence-corrected chi connectivity index (χ0v) is 30.2. The molecule has 0 bridgehead atoms. The first kappa shape index (κ1) is 31.9. The Hall–Kier alpha value is -7.63. The summed E-state index contributed by atoms with van der Waals surface area (Å²) in [7, 11) is 0. The second kappa shape index (κ2) is 13.0. The van der Waals surface area contributed by atoms with Crippen molar-refractivity contribution in [1.82, 2.24) is 19.5 Å². The lowest BCUT2D eigenvalue weighted by molar-refractivity contribution is 0.670. The van der Waals surface area contributed by atoms with Crippen LogP contribution in [-0.4, -0.2) is 19.5 Å². The first-order valence-electron chi connectivity index (χ1n) is 18.8. The fraction of sp³-hybridized carbons (Fsp3) is 0. The number of nitrogens with zero attached hydrogens (tertiary/aromatic N) is 4. The second-order valence-corrected chi connectivity index (χ2v) is 14.0. The Balaban J connectivity index is 1.10. The van der Waals surface area contributed by atoms with Crippen molar-refractivity contribution in [3.05, 3.63) is 194 Å². The largest absolute Gasteiger partial charge is 0.455 e. The highest BCUT2D eigenvalue weighted by molar-refractivity contribution is 6.12. The first-order valence-corrected chi connectivity index (χ1v) is 18.8. The summed E-state index contributed by atoms with van der Waals surface area (Å²) in [6.45, 7) is 0. The highest BCUT2D eigenvalue weighted by Crippen LogP contribution is 2.41. The van der Waals surface area contributed by atoms with Crippen molar-refractivity contribution < 1.29 is 4.42 Å². The Morgan fingerprint density at radius 2 is 0.875 bits per heavy atom. The number of benzene rings is 8. The SMILES string of the molecule is c1ccc(-c2cc(-c3ccccc3)c3oc4cc(-c5nc(-c6ccccc6)nc(-c6ccc7c8ccccc8n(-c8ccccc8)c7c6)n5)ccc4c3c2)cc1. The van der Waals surface area contributed by atoms with Crippen LogP contribution in [0.25, 0.3) is 106 Å². The van der Waals surface area contributed by atoms with Gasteiger partial charge in [0.05, 0.1) is 11.0 Å². The van der Waals surface area contributed by atoms with Crippen molar-refractivity contribution >= 4 is 43.7 Å². The number of aromatic nitrogens is 4. The second-order valence-electron chi connectivity index (χ2n) is 14.0. The minimum atomic E-state index is 0.577. The minimum Gasteiger partial charge on any atom is -0.455 e. The van der Waals surface area contributed by atoms with Crippen LogP contribution in [0.5, 0.6) is 0 Å². The van der Waals surface area contributed by atoms with Gasteiger partial charge >= 0.3 is 0 Å². The third-order valence-corrected chi connectivity index (χ3v) is 10.6. The Kier molecular flexibility index (Phi) is 7.42. The van der Waals surface area contributed by atoms with Crippen molar-refractivity contribution in [2.24, 2.45) is 0 Å². The van der Waals surface area contributed by atoms with Crippen LogP contribution in [0.1, 0.15) is 0 Å². The molecule has 0 N–H and O–H groups in total. The molecule has 0 aliphatic rings. The molecular weight excluding hydrogens is 685 g/mol. The smallest absolute Gasteiger partial charge is 0.164 e. The molecule has 0 aliphatic carbocycles. The Bertz CT molecular complexity index is 3230. The van der Waals surface area contributed by atoms with Crippen LogP contribution in [0, 0.1) is 0 Å². The van der Waals surface area contributed by atoms with E-state index in [1.165, 1.54) is 10.8 Å². The van der Waals surface area contributed by atoms with Gasteiger partial charge in [0.2, 0.25) is 0 Å². The van der Waals surface area contributed by atoms with E-state index in [4.69, 9.17) is 19.4 Å². The van der Waals surface area contributed by atoms with Gasteiger partial charge in [0.25, 0.3) is 0 Å². The minimum absolute atomic E-state index is 0.577. The fourth-order valence-corrected chi connectivity index (χ4v) is 7.96. The molecule has 3 heterocycles. The molecular formula is C51H32N4O. The van der Waals surface area contributed by atoms with Crippen LogP contribution in [0.15, 0.2) is 199 Å². The summed E-state index contributed by atoms with van der Waals surface area (Å²) in [5, 5.41) is 4.47. The standard InChI is InChI=1S/C51H32N4O/c1-5-15-33(16-6-1)38-29-43(34-17-7-2-8-18-34)48-44(30-38)42-28-26-37(32-47(42)56-48)51-53-49(35-19-9-3-10-20-35)52-50(54-51)36-25-27-41-40-23-13-14-24-45(40)55(46(41)31-36)39-21-11-4-12-22-39/h1-32H. The Labute approximate surface area is 322 Å². The topological polar surface area (TPSA) is 56.7 Å².